The van der Waals surface area contributed by atoms with Crippen molar-refractivity contribution in [1.82, 2.24) is 5.32 Å². The van der Waals surface area contributed by atoms with Crippen molar-refractivity contribution in [1.29, 1.82) is 0 Å². The molecule has 27 heavy (non-hydrogen) atoms. The molecule has 5 heteroatoms. The minimum Gasteiger partial charge on any atom is -0.496 e. The fourth-order valence-electron chi connectivity index (χ4n) is 3.22. The first-order chi connectivity index (χ1) is 13.0. The SMILES string of the molecule is CCNC(=O)/C=C(\C)c1cc2c(-c3ccc(Cl)cc3)coc2c(C)c1OC. The minimum atomic E-state index is -0.125. The second kappa shape index (κ2) is 7.89. The number of hydrogen-bond acceptors (Lipinski definition) is 3. The summed E-state index contributed by atoms with van der Waals surface area (Å²) in [4.78, 5) is 12.0. The molecule has 0 spiro atoms. The molecule has 1 N–H and O–H groups in total. The quantitative estimate of drug-likeness (QED) is 0.582. The number of hydrogen-bond donors (Lipinski definition) is 1. The van der Waals surface area contributed by atoms with Crippen molar-refractivity contribution in [3.8, 4) is 16.9 Å². The van der Waals surface area contributed by atoms with Crippen molar-refractivity contribution in [2.75, 3.05) is 13.7 Å². The van der Waals surface area contributed by atoms with Crippen LogP contribution in [0.2, 0.25) is 5.02 Å². The molecule has 0 atom stereocenters. The molecule has 0 aliphatic rings. The standard InChI is InChI=1S/C22H22ClNO3/c1-5-24-20(25)10-13(2)17-11-18-19(15-6-8-16(23)9-7-15)12-27-22(18)14(3)21(17)26-4/h6-12H,5H2,1-4H3,(H,24,25)/b13-10+. The van der Waals surface area contributed by atoms with E-state index in [4.69, 9.17) is 20.8 Å². The molecule has 2 aromatic carbocycles. The number of carbonyl (C=O) groups excluding carboxylic acids is 1. The van der Waals surface area contributed by atoms with Crippen LogP contribution in [0, 0.1) is 6.92 Å². The zero-order chi connectivity index (χ0) is 19.6. The number of carbonyl (C=O) groups is 1. The third-order valence-corrected chi connectivity index (χ3v) is 4.78. The zero-order valence-corrected chi connectivity index (χ0v) is 16.6. The van der Waals surface area contributed by atoms with Gasteiger partial charge in [-0.05, 0) is 50.1 Å². The van der Waals surface area contributed by atoms with Gasteiger partial charge in [0.05, 0.1) is 13.4 Å². The summed E-state index contributed by atoms with van der Waals surface area (Å²) < 4.78 is 11.5. The van der Waals surface area contributed by atoms with Crippen LogP contribution < -0.4 is 10.1 Å². The number of allylic oxidation sites excluding steroid dienone is 1. The smallest absolute Gasteiger partial charge is 0.244 e. The van der Waals surface area contributed by atoms with Crippen LogP contribution in [0.15, 0.2) is 47.1 Å². The van der Waals surface area contributed by atoms with Crippen molar-refractivity contribution in [2.24, 2.45) is 0 Å². The Morgan fingerprint density at radius 2 is 2.00 bits per heavy atom. The molecule has 0 unspecified atom stereocenters. The molecule has 0 radical (unpaired) electrons. The summed E-state index contributed by atoms with van der Waals surface area (Å²) >= 11 is 6.01. The number of rotatable bonds is 5. The molecule has 1 aromatic heterocycles. The first-order valence-corrected chi connectivity index (χ1v) is 9.15. The lowest BCUT2D eigenvalue weighted by Crippen LogP contribution is -2.20. The van der Waals surface area contributed by atoms with Crippen LogP contribution in [0.5, 0.6) is 5.75 Å². The highest BCUT2D eigenvalue weighted by Crippen LogP contribution is 2.40. The maximum Gasteiger partial charge on any atom is 0.244 e. The number of likely N-dealkylation sites (N-methyl/N-ethyl adjacent to an activating group) is 1. The fourth-order valence-corrected chi connectivity index (χ4v) is 3.35. The van der Waals surface area contributed by atoms with E-state index in [0.29, 0.717) is 17.3 Å². The molecule has 0 bridgehead atoms. The van der Waals surface area contributed by atoms with Gasteiger partial charge in [0.15, 0.2) is 0 Å². The number of benzene rings is 2. The van der Waals surface area contributed by atoms with Crippen LogP contribution in [0.1, 0.15) is 25.0 Å². The van der Waals surface area contributed by atoms with Gasteiger partial charge in [-0.2, -0.15) is 0 Å². The molecule has 3 rings (SSSR count). The lowest BCUT2D eigenvalue weighted by Gasteiger charge is -2.13. The highest BCUT2D eigenvalue weighted by Gasteiger charge is 2.18. The van der Waals surface area contributed by atoms with Gasteiger partial charge in [-0.25, -0.2) is 0 Å². The number of ether oxygens (including phenoxy) is 1. The Labute approximate surface area is 163 Å². The Bertz CT molecular complexity index is 1020. The van der Waals surface area contributed by atoms with E-state index in [-0.39, 0.29) is 5.91 Å². The highest BCUT2D eigenvalue weighted by atomic mass is 35.5. The number of aryl methyl sites for hydroxylation is 1. The Kier molecular flexibility index (Phi) is 5.57. The van der Waals surface area contributed by atoms with Crippen molar-refractivity contribution in [3.63, 3.8) is 0 Å². The number of nitrogens with one attached hydrogen (secondary N) is 1. The second-order valence-electron chi connectivity index (χ2n) is 6.34. The average Bonchev–Trinajstić information content (AvgIpc) is 3.06. The van der Waals surface area contributed by atoms with Crippen LogP contribution in [-0.4, -0.2) is 19.6 Å². The Morgan fingerprint density at radius 1 is 1.30 bits per heavy atom. The van der Waals surface area contributed by atoms with Crippen LogP contribution in [0.4, 0.5) is 0 Å². The van der Waals surface area contributed by atoms with Crippen molar-refractivity contribution in [3.05, 3.63) is 58.8 Å². The summed E-state index contributed by atoms with van der Waals surface area (Å²) in [7, 11) is 1.63. The monoisotopic (exact) mass is 383 g/mol. The van der Waals surface area contributed by atoms with Gasteiger partial charge in [0.25, 0.3) is 0 Å². The molecule has 0 aliphatic heterocycles. The van der Waals surface area contributed by atoms with E-state index in [0.717, 1.165) is 38.8 Å². The number of halogens is 1. The normalized spacial score (nSPS) is 11.7. The molecule has 1 heterocycles. The average molecular weight is 384 g/mol. The topological polar surface area (TPSA) is 51.5 Å². The van der Waals surface area contributed by atoms with Crippen LogP contribution in [0.25, 0.3) is 27.7 Å². The van der Waals surface area contributed by atoms with E-state index in [2.05, 4.69) is 5.32 Å². The lowest BCUT2D eigenvalue weighted by atomic mass is 9.96. The third kappa shape index (κ3) is 3.71. The van der Waals surface area contributed by atoms with Crippen LogP contribution >= 0.6 is 11.6 Å². The molecule has 0 fully saturated rings. The predicted octanol–water partition coefficient (Wildman–Crippen LogP) is 5.61. The van der Waals surface area contributed by atoms with Gasteiger partial charge in [0, 0.05) is 39.7 Å². The van der Waals surface area contributed by atoms with Gasteiger partial charge in [-0.3, -0.25) is 4.79 Å². The molecular formula is C22H22ClNO3. The predicted molar refractivity (Wildman–Crippen MR) is 110 cm³/mol. The van der Waals surface area contributed by atoms with Gasteiger partial charge in [-0.15, -0.1) is 0 Å². The van der Waals surface area contributed by atoms with E-state index < -0.39 is 0 Å². The second-order valence-corrected chi connectivity index (χ2v) is 6.77. The number of amides is 1. The molecule has 4 nitrogen and oxygen atoms in total. The van der Waals surface area contributed by atoms with E-state index in [1.165, 1.54) is 0 Å². The lowest BCUT2D eigenvalue weighted by molar-refractivity contribution is -0.116. The molecule has 1 amide bonds. The summed E-state index contributed by atoms with van der Waals surface area (Å²) in [5.41, 5.74) is 5.34. The maximum absolute atomic E-state index is 12.0. The van der Waals surface area contributed by atoms with Gasteiger partial charge in [-0.1, -0.05) is 23.7 Å². The van der Waals surface area contributed by atoms with E-state index in [1.54, 1.807) is 19.4 Å². The van der Waals surface area contributed by atoms with Crippen molar-refractivity contribution < 1.29 is 13.9 Å². The highest BCUT2D eigenvalue weighted by molar-refractivity contribution is 6.30. The van der Waals surface area contributed by atoms with Gasteiger partial charge in [0.2, 0.25) is 5.91 Å². The van der Waals surface area contributed by atoms with Crippen molar-refractivity contribution in [2.45, 2.75) is 20.8 Å². The molecular weight excluding hydrogens is 362 g/mol. The Balaban J connectivity index is 2.20. The van der Waals surface area contributed by atoms with Crippen LogP contribution in [-0.2, 0) is 4.79 Å². The first-order valence-electron chi connectivity index (χ1n) is 8.77. The Hall–Kier alpha value is -2.72. The van der Waals surface area contributed by atoms with E-state index >= 15 is 0 Å². The molecule has 0 saturated carbocycles. The van der Waals surface area contributed by atoms with Gasteiger partial charge >= 0.3 is 0 Å². The Morgan fingerprint density at radius 3 is 2.63 bits per heavy atom. The summed E-state index contributed by atoms with van der Waals surface area (Å²) in [5.74, 6) is 0.581. The number of fused-ring (bicyclic) bond motifs is 1. The minimum absolute atomic E-state index is 0.125. The maximum atomic E-state index is 12.0. The van der Waals surface area contributed by atoms with Gasteiger partial charge in [0.1, 0.15) is 11.3 Å². The summed E-state index contributed by atoms with van der Waals surface area (Å²) in [6.45, 7) is 6.33. The summed E-state index contributed by atoms with van der Waals surface area (Å²) in [5, 5.41) is 4.44. The first kappa shape index (κ1) is 19.1. The zero-order valence-electron chi connectivity index (χ0n) is 15.9. The molecule has 0 saturated heterocycles. The molecule has 3 aromatic rings. The largest absolute Gasteiger partial charge is 0.496 e. The fraction of sp³-hybridized carbons (Fsp3) is 0.227. The van der Waals surface area contributed by atoms with E-state index in [1.807, 2.05) is 51.1 Å². The third-order valence-electron chi connectivity index (χ3n) is 4.53. The number of furan rings is 1. The van der Waals surface area contributed by atoms with Crippen molar-refractivity contribution >= 4 is 34.1 Å². The summed E-state index contributed by atoms with van der Waals surface area (Å²) in [6, 6.07) is 9.65. The van der Waals surface area contributed by atoms with Crippen LogP contribution in [0.3, 0.4) is 0 Å². The molecule has 140 valence electrons. The molecule has 0 aliphatic carbocycles. The van der Waals surface area contributed by atoms with Gasteiger partial charge < -0.3 is 14.5 Å². The number of methoxy groups -OCH3 is 1. The summed E-state index contributed by atoms with van der Waals surface area (Å²) in [6.07, 6.45) is 3.33. The van der Waals surface area contributed by atoms with E-state index in [9.17, 15) is 4.79 Å².